The van der Waals surface area contributed by atoms with E-state index in [0.717, 1.165) is 25.7 Å². The summed E-state index contributed by atoms with van der Waals surface area (Å²) in [6, 6.07) is 0. The Hall–Kier alpha value is 0.420. The number of ether oxygens (including phenoxy) is 4. The summed E-state index contributed by atoms with van der Waals surface area (Å²) in [5.41, 5.74) is 0. The maximum absolute atomic E-state index is 5.81. The first-order chi connectivity index (χ1) is 9.80. The van der Waals surface area contributed by atoms with Gasteiger partial charge in [-0.1, -0.05) is 0 Å². The molecule has 2 heterocycles. The zero-order valence-electron chi connectivity index (χ0n) is 11.5. The number of rotatable bonds is 4. The third kappa shape index (κ3) is 3.42. The van der Waals surface area contributed by atoms with Crippen LogP contribution in [-0.2, 0) is 18.9 Å². The van der Waals surface area contributed by atoms with Gasteiger partial charge in [-0.2, -0.15) is 0 Å². The van der Waals surface area contributed by atoms with E-state index in [-0.39, 0.29) is 24.8 Å². The fourth-order valence-electron chi connectivity index (χ4n) is 3.29. The fraction of sp³-hybridized carbons (Fsp3) is 1.00. The largest absolute Gasteiger partial charge is 0.350 e. The van der Waals surface area contributed by atoms with E-state index in [1.165, 1.54) is 0 Å². The van der Waals surface area contributed by atoms with Crippen molar-refractivity contribution in [3.63, 3.8) is 0 Å². The molecular formula is C14H22Cl2O4. The fourth-order valence-corrected chi connectivity index (χ4v) is 3.61. The van der Waals surface area contributed by atoms with Crippen molar-refractivity contribution in [2.24, 2.45) is 11.8 Å². The van der Waals surface area contributed by atoms with Crippen LogP contribution in [0, 0.1) is 11.8 Å². The highest BCUT2D eigenvalue weighted by Crippen LogP contribution is 2.38. The minimum absolute atomic E-state index is 0.0605. The van der Waals surface area contributed by atoms with Crippen molar-refractivity contribution < 1.29 is 18.9 Å². The van der Waals surface area contributed by atoms with E-state index >= 15 is 0 Å². The topological polar surface area (TPSA) is 36.9 Å². The number of hydrogen-bond donors (Lipinski definition) is 0. The average molecular weight is 325 g/mol. The third-order valence-corrected chi connectivity index (χ3v) is 5.16. The molecule has 0 aromatic rings. The van der Waals surface area contributed by atoms with E-state index in [1.54, 1.807) is 0 Å². The molecule has 4 atom stereocenters. The molecule has 3 fully saturated rings. The Kier molecular flexibility index (Phi) is 5.45. The van der Waals surface area contributed by atoms with Crippen molar-refractivity contribution in [2.45, 2.75) is 50.5 Å². The molecule has 20 heavy (non-hydrogen) atoms. The van der Waals surface area contributed by atoms with E-state index in [2.05, 4.69) is 0 Å². The average Bonchev–Trinajstić information content (AvgIpc) is 3.16. The van der Waals surface area contributed by atoms with Gasteiger partial charge in [0.25, 0.3) is 0 Å². The van der Waals surface area contributed by atoms with E-state index in [0.29, 0.717) is 36.8 Å². The molecule has 2 saturated heterocycles. The summed E-state index contributed by atoms with van der Waals surface area (Å²) in [5.74, 6) is 1.97. The van der Waals surface area contributed by atoms with Gasteiger partial charge < -0.3 is 18.9 Å². The predicted molar refractivity (Wildman–Crippen MR) is 76.1 cm³/mol. The van der Waals surface area contributed by atoms with Crippen LogP contribution in [0.3, 0.4) is 0 Å². The Bertz CT molecular complexity index is 280. The zero-order valence-corrected chi connectivity index (χ0v) is 13.0. The molecule has 3 rings (SSSR count). The molecule has 116 valence electrons. The van der Waals surface area contributed by atoms with Crippen LogP contribution in [0.15, 0.2) is 0 Å². The summed E-state index contributed by atoms with van der Waals surface area (Å²) in [6.45, 7) is 1.25. The summed E-state index contributed by atoms with van der Waals surface area (Å²) in [6.07, 6.45) is 4.37. The summed E-state index contributed by atoms with van der Waals surface area (Å²) >= 11 is 11.6. The van der Waals surface area contributed by atoms with E-state index in [4.69, 9.17) is 42.1 Å². The zero-order chi connectivity index (χ0) is 13.9. The molecule has 0 aromatic heterocycles. The van der Waals surface area contributed by atoms with Crippen molar-refractivity contribution in [2.75, 3.05) is 25.0 Å². The van der Waals surface area contributed by atoms with Gasteiger partial charge >= 0.3 is 0 Å². The normalized spacial score (nSPS) is 45.9. The molecule has 0 bridgehead atoms. The number of halogens is 2. The lowest BCUT2D eigenvalue weighted by atomic mass is 9.81. The second kappa shape index (κ2) is 7.12. The molecule has 0 aromatic carbocycles. The van der Waals surface area contributed by atoms with Gasteiger partial charge in [0.05, 0.1) is 37.2 Å². The standard InChI is InChI=1S/C14H22Cl2O4/c15-5-11-7-17-13(19-11)9-1-2-10(4-3-9)14-18-8-12(6-16)20-14/h9-14H,1-8H2. The summed E-state index contributed by atoms with van der Waals surface area (Å²) in [5, 5.41) is 0. The van der Waals surface area contributed by atoms with Crippen LogP contribution in [0.4, 0.5) is 0 Å². The Morgan fingerprint density at radius 3 is 1.40 bits per heavy atom. The lowest BCUT2D eigenvalue weighted by Crippen LogP contribution is -2.32. The summed E-state index contributed by atoms with van der Waals surface area (Å²) < 4.78 is 23.0. The van der Waals surface area contributed by atoms with Crippen LogP contribution in [0.25, 0.3) is 0 Å². The molecule has 0 spiro atoms. The predicted octanol–water partition coefficient (Wildman–Crippen LogP) is 2.75. The van der Waals surface area contributed by atoms with Gasteiger partial charge in [0.15, 0.2) is 12.6 Å². The highest BCUT2D eigenvalue weighted by Gasteiger charge is 2.39. The lowest BCUT2D eigenvalue weighted by Gasteiger charge is -2.33. The van der Waals surface area contributed by atoms with Gasteiger partial charge in [-0.15, -0.1) is 23.2 Å². The third-order valence-electron chi connectivity index (χ3n) is 4.48. The SMILES string of the molecule is ClCC1COC(C2CCC(C3OCC(CCl)O3)CC2)O1. The van der Waals surface area contributed by atoms with Crippen LogP contribution in [-0.4, -0.2) is 49.8 Å². The molecule has 0 N–H and O–H groups in total. The lowest BCUT2D eigenvalue weighted by molar-refractivity contribution is -0.132. The molecule has 1 saturated carbocycles. The van der Waals surface area contributed by atoms with Gasteiger partial charge in [0.1, 0.15) is 0 Å². The first kappa shape index (κ1) is 15.3. The van der Waals surface area contributed by atoms with E-state index in [9.17, 15) is 0 Å². The van der Waals surface area contributed by atoms with Gasteiger partial charge in [0, 0.05) is 11.8 Å². The molecule has 4 nitrogen and oxygen atoms in total. The van der Waals surface area contributed by atoms with Crippen LogP contribution in [0.1, 0.15) is 25.7 Å². The Morgan fingerprint density at radius 2 is 1.10 bits per heavy atom. The van der Waals surface area contributed by atoms with Crippen molar-refractivity contribution in [3.8, 4) is 0 Å². The molecule has 0 radical (unpaired) electrons. The summed E-state index contributed by atoms with van der Waals surface area (Å²) in [7, 11) is 0. The van der Waals surface area contributed by atoms with Crippen molar-refractivity contribution in [3.05, 3.63) is 0 Å². The molecule has 3 aliphatic rings. The van der Waals surface area contributed by atoms with Crippen LogP contribution < -0.4 is 0 Å². The smallest absolute Gasteiger partial charge is 0.161 e. The maximum atomic E-state index is 5.81. The molecule has 4 unspecified atom stereocenters. The van der Waals surface area contributed by atoms with Gasteiger partial charge in [-0.3, -0.25) is 0 Å². The van der Waals surface area contributed by atoms with Crippen molar-refractivity contribution in [1.29, 1.82) is 0 Å². The van der Waals surface area contributed by atoms with Crippen LogP contribution in [0.2, 0.25) is 0 Å². The Labute approximate surface area is 130 Å². The van der Waals surface area contributed by atoms with E-state index < -0.39 is 0 Å². The van der Waals surface area contributed by atoms with Crippen LogP contribution >= 0.6 is 23.2 Å². The molecule has 1 aliphatic carbocycles. The molecule has 6 heteroatoms. The van der Waals surface area contributed by atoms with Crippen molar-refractivity contribution in [1.82, 2.24) is 0 Å². The second-order valence-corrected chi connectivity index (χ2v) is 6.52. The first-order valence-electron chi connectivity index (χ1n) is 7.46. The minimum Gasteiger partial charge on any atom is -0.350 e. The quantitative estimate of drug-likeness (QED) is 0.745. The number of hydrogen-bond acceptors (Lipinski definition) is 4. The highest BCUT2D eigenvalue weighted by atomic mass is 35.5. The summed E-state index contributed by atoms with van der Waals surface area (Å²) in [4.78, 5) is 0. The minimum atomic E-state index is -0.0688. The first-order valence-corrected chi connectivity index (χ1v) is 8.53. The molecule has 2 aliphatic heterocycles. The molecular weight excluding hydrogens is 303 g/mol. The van der Waals surface area contributed by atoms with Crippen LogP contribution in [0.5, 0.6) is 0 Å². The highest BCUT2D eigenvalue weighted by molar-refractivity contribution is 6.18. The van der Waals surface area contributed by atoms with Gasteiger partial charge in [-0.05, 0) is 25.7 Å². The molecule has 0 amide bonds. The van der Waals surface area contributed by atoms with Gasteiger partial charge in [0.2, 0.25) is 0 Å². The van der Waals surface area contributed by atoms with E-state index in [1.807, 2.05) is 0 Å². The second-order valence-electron chi connectivity index (χ2n) is 5.90. The van der Waals surface area contributed by atoms with Gasteiger partial charge in [-0.25, -0.2) is 0 Å². The Morgan fingerprint density at radius 1 is 0.700 bits per heavy atom. The Balaban J connectivity index is 1.43. The number of alkyl halides is 2. The van der Waals surface area contributed by atoms with Crippen molar-refractivity contribution >= 4 is 23.2 Å². The monoisotopic (exact) mass is 324 g/mol. The maximum Gasteiger partial charge on any atom is 0.161 e.